The number of fused-ring (bicyclic) bond motifs is 1. The summed E-state index contributed by atoms with van der Waals surface area (Å²) >= 11 is 0. The van der Waals surface area contributed by atoms with E-state index >= 15 is 0 Å². The zero-order chi connectivity index (χ0) is 12.3. The Hall–Kier alpha value is -1.31. The lowest BCUT2D eigenvalue weighted by atomic mass is 9.85. The number of carbonyl (C=O) groups is 1. The summed E-state index contributed by atoms with van der Waals surface area (Å²) in [7, 11) is 1.71. The summed E-state index contributed by atoms with van der Waals surface area (Å²) in [5, 5.41) is 0. The minimum atomic E-state index is 0.285. The molecule has 0 atom stereocenters. The molecular weight excluding hydrogens is 212 g/mol. The second-order valence-electron chi connectivity index (χ2n) is 4.65. The van der Waals surface area contributed by atoms with E-state index in [4.69, 9.17) is 4.74 Å². The molecule has 0 saturated heterocycles. The molecule has 1 aromatic rings. The molecule has 0 saturated carbocycles. The third-order valence-corrected chi connectivity index (χ3v) is 3.49. The van der Waals surface area contributed by atoms with Crippen molar-refractivity contribution in [3.63, 3.8) is 0 Å². The summed E-state index contributed by atoms with van der Waals surface area (Å²) in [6, 6.07) is 3.90. The Balaban J connectivity index is 2.43. The van der Waals surface area contributed by atoms with Crippen LogP contribution >= 0.6 is 0 Å². The minimum Gasteiger partial charge on any atom is -0.496 e. The number of ketones is 1. The smallest absolute Gasteiger partial charge is 0.163 e. The standard InChI is InChI=1S/C15H20O2/c1-3-6-14(16)12-9-10-15(17-2)13-8-5-4-7-11(12)13/h9-10H,3-8H2,1-2H3. The topological polar surface area (TPSA) is 26.3 Å². The summed E-state index contributed by atoms with van der Waals surface area (Å²) in [6.07, 6.45) is 6.03. The van der Waals surface area contributed by atoms with Crippen LogP contribution in [0.2, 0.25) is 0 Å². The van der Waals surface area contributed by atoms with E-state index in [0.717, 1.165) is 30.6 Å². The van der Waals surface area contributed by atoms with Crippen molar-refractivity contribution in [2.24, 2.45) is 0 Å². The lowest BCUT2D eigenvalue weighted by Gasteiger charge is -2.21. The van der Waals surface area contributed by atoms with Crippen molar-refractivity contribution in [2.45, 2.75) is 45.4 Å². The molecule has 0 fully saturated rings. The number of ether oxygens (including phenoxy) is 1. The second-order valence-corrected chi connectivity index (χ2v) is 4.65. The average molecular weight is 232 g/mol. The first kappa shape index (κ1) is 12.2. The van der Waals surface area contributed by atoms with Crippen LogP contribution in [0.4, 0.5) is 0 Å². The summed E-state index contributed by atoms with van der Waals surface area (Å²) < 4.78 is 5.40. The summed E-state index contributed by atoms with van der Waals surface area (Å²) in [5.74, 6) is 1.24. The predicted molar refractivity (Wildman–Crippen MR) is 68.9 cm³/mol. The molecule has 1 aromatic carbocycles. The first-order chi connectivity index (χ1) is 8.27. The van der Waals surface area contributed by atoms with Crippen molar-refractivity contribution < 1.29 is 9.53 Å². The molecule has 17 heavy (non-hydrogen) atoms. The van der Waals surface area contributed by atoms with Gasteiger partial charge >= 0.3 is 0 Å². The highest BCUT2D eigenvalue weighted by Crippen LogP contribution is 2.32. The zero-order valence-electron chi connectivity index (χ0n) is 10.7. The van der Waals surface area contributed by atoms with Crippen LogP contribution in [0.1, 0.15) is 54.1 Å². The lowest BCUT2D eigenvalue weighted by Crippen LogP contribution is -2.12. The van der Waals surface area contributed by atoms with Gasteiger partial charge in [-0.3, -0.25) is 4.79 Å². The van der Waals surface area contributed by atoms with Crippen LogP contribution in [-0.2, 0) is 12.8 Å². The fourth-order valence-corrected chi connectivity index (χ4v) is 2.65. The van der Waals surface area contributed by atoms with E-state index in [0.29, 0.717) is 6.42 Å². The Kier molecular flexibility index (Phi) is 3.82. The maximum absolute atomic E-state index is 12.1. The second kappa shape index (κ2) is 5.35. The number of carbonyl (C=O) groups excluding carboxylic acids is 1. The highest BCUT2D eigenvalue weighted by atomic mass is 16.5. The minimum absolute atomic E-state index is 0.285. The monoisotopic (exact) mass is 232 g/mol. The van der Waals surface area contributed by atoms with E-state index in [2.05, 4.69) is 0 Å². The highest BCUT2D eigenvalue weighted by molar-refractivity contribution is 5.98. The molecule has 0 radical (unpaired) electrons. The van der Waals surface area contributed by atoms with Gasteiger partial charge in [0.1, 0.15) is 5.75 Å². The Bertz CT molecular complexity index is 421. The van der Waals surface area contributed by atoms with E-state index in [1.165, 1.54) is 24.0 Å². The molecule has 92 valence electrons. The van der Waals surface area contributed by atoms with Gasteiger partial charge in [0.05, 0.1) is 7.11 Å². The van der Waals surface area contributed by atoms with E-state index in [1.807, 2.05) is 19.1 Å². The average Bonchev–Trinajstić information content (AvgIpc) is 2.37. The Morgan fingerprint density at radius 2 is 1.94 bits per heavy atom. The van der Waals surface area contributed by atoms with Gasteiger partial charge < -0.3 is 4.74 Å². The molecule has 0 unspecified atom stereocenters. The fourth-order valence-electron chi connectivity index (χ4n) is 2.65. The van der Waals surface area contributed by atoms with Gasteiger partial charge in [-0.05, 0) is 55.4 Å². The molecule has 0 aromatic heterocycles. The predicted octanol–water partition coefficient (Wildman–Crippen LogP) is 3.56. The molecule has 0 heterocycles. The Morgan fingerprint density at radius 1 is 1.24 bits per heavy atom. The quantitative estimate of drug-likeness (QED) is 0.742. The van der Waals surface area contributed by atoms with E-state index in [-0.39, 0.29) is 5.78 Å². The molecule has 0 N–H and O–H groups in total. The Morgan fingerprint density at radius 3 is 2.59 bits per heavy atom. The normalized spacial score (nSPS) is 14.2. The molecule has 0 amide bonds. The van der Waals surface area contributed by atoms with Gasteiger partial charge in [-0.1, -0.05) is 6.92 Å². The number of rotatable bonds is 4. The van der Waals surface area contributed by atoms with Crippen molar-refractivity contribution >= 4 is 5.78 Å². The molecule has 2 nitrogen and oxygen atoms in total. The van der Waals surface area contributed by atoms with Gasteiger partial charge in [0.2, 0.25) is 0 Å². The molecule has 2 heteroatoms. The van der Waals surface area contributed by atoms with Gasteiger partial charge in [0, 0.05) is 12.0 Å². The van der Waals surface area contributed by atoms with E-state index < -0.39 is 0 Å². The number of Topliss-reactive ketones (excluding diaryl/α,β-unsaturated/α-hetero) is 1. The summed E-state index contributed by atoms with van der Waals surface area (Å²) in [6.45, 7) is 2.05. The van der Waals surface area contributed by atoms with Crippen LogP contribution in [0.5, 0.6) is 5.75 Å². The van der Waals surface area contributed by atoms with Crippen molar-refractivity contribution in [1.29, 1.82) is 0 Å². The largest absolute Gasteiger partial charge is 0.496 e. The van der Waals surface area contributed by atoms with Gasteiger partial charge in [-0.2, -0.15) is 0 Å². The Labute approximate surface area is 103 Å². The lowest BCUT2D eigenvalue weighted by molar-refractivity contribution is 0.0980. The van der Waals surface area contributed by atoms with Crippen LogP contribution in [0.25, 0.3) is 0 Å². The SMILES string of the molecule is CCCC(=O)c1ccc(OC)c2c1CCCC2. The molecular formula is C15H20O2. The van der Waals surface area contributed by atoms with Gasteiger partial charge in [0.25, 0.3) is 0 Å². The summed E-state index contributed by atoms with van der Waals surface area (Å²) in [4.78, 5) is 12.1. The molecule has 0 aliphatic heterocycles. The maximum Gasteiger partial charge on any atom is 0.163 e. The van der Waals surface area contributed by atoms with Gasteiger partial charge in [-0.15, -0.1) is 0 Å². The van der Waals surface area contributed by atoms with Crippen molar-refractivity contribution in [3.8, 4) is 5.75 Å². The van der Waals surface area contributed by atoms with E-state index in [1.54, 1.807) is 7.11 Å². The van der Waals surface area contributed by atoms with Crippen molar-refractivity contribution in [3.05, 3.63) is 28.8 Å². The number of hydrogen-bond acceptors (Lipinski definition) is 2. The first-order valence-corrected chi connectivity index (χ1v) is 6.49. The van der Waals surface area contributed by atoms with Crippen molar-refractivity contribution in [1.82, 2.24) is 0 Å². The third-order valence-electron chi connectivity index (χ3n) is 3.49. The zero-order valence-corrected chi connectivity index (χ0v) is 10.7. The summed E-state index contributed by atoms with van der Waals surface area (Å²) in [5.41, 5.74) is 3.44. The van der Waals surface area contributed by atoms with Crippen LogP contribution in [0, 0.1) is 0 Å². The maximum atomic E-state index is 12.1. The fraction of sp³-hybridized carbons (Fsp3) is 0.533. The van der Waals surface area contributed by atoms with Crippen LogP contribution in [0.3, 0.4) is 0 Å². The molecule has 0 spiro atoms. The van der Waals surface area contributed by atoms with E-state index in [9.17, 15) is 4.79 Å². The highest BCUT2D eigenvalue weighted by Gasteiger charge is 2.20. The van der Waals surface area contributed by atoms with Crippen LogP contribution < -0.4 is 4.74 Å². The van der Waals surface area contributed by atoms with Crippen LogP contribution in [-0.4, -0.2) is 12.9 Å². The first-order valence-electron chi connectivity index (χ1n) is 6.49. The third kappa shape index (κ3) is 2.36. The number of methoxy groups -OCH3 is 1. The molecule has 2 rings (SSSR count). The van der Waals surface area contributed by atoms with Gasteiger partial charge in [-0.25, -0.2) is 0 Å². The molecule has 1 aliphatic rings. The van der Waals surface area contributed by atoms with Crippen molar-refractivity contribution in [2.75, 3.05) is 7.11 Å². The van der Waals surface area contributed by atoms with Crippen LogP contribution in [0.15, 0.2) is 12.1 Å². The molecule has 0 bridgehead atoms. The van der Waals surface area contributed by atoms with Gasteiger partial charge in [0.15, 0.2) is 5.78 Å². The number of hydrogen-bond donors (Lipinski definition) is 0. The number of benzene rings is 1. The molecule has 1 aliphatic carbocycles.